The number of hydrogen-bond donors (Lipinski definition) is 2. The molecule has 3 aromatic carbocycles. The molecule has 0 aliphatic carbocycles. The molecule has 0 bridgehead atoms. The number of imide groups is 1. The monoisotopic (exact) mass is 443 g/mol. The van der Waals surface area contributed by atoms with E-state index in [0.717, 1.165) is 21.2 Å². The third kappa shape index (κ3) is 4.48. The van der Waals surface area contributed by atoms with Gasteiger partial charge >= 0.3 is 0 Å². The summed E-state index contributed by atoms with van der Waals surface area (Å²) >= 11 is 0. The Morgan fingerprint density at radius 2 is 1.42 bits per heavy atom. The highest BCUT2D eigenvalue weighted by Gasteiger charge is 2.42. The van der Waals surface area contributed by atoms with Crippen LogP contribution in [0.4, 0.5) is 0 Å². The summed E-state index contributed by atoms with van der Waals surface area (Å²) in [5, 5.41) is 1.99. The van der Waals surface area contributed by atoms with Gasteiger partial charge in [-0.15, -0.1) is 0 Å². The molecule has 0 spiro atoms. The topological polar surface area (TPSA) is 95.6 Å². The third-order valence-corrected chi connectivity index (χ3v) is 5.69. The van der Waals surface area contributed by atoms with E-state index in [1.54, 1.807) is 24.3 Å². The van der Waals surface area contributed by atoms with Crippen LogP contribution < -0.4 is 10.9 Å². The van der Waals surface area contributed by atoms with Crippen LogP contribution in [0.25, 0.3) is 10.8 Å². The molecule has 33 heavy (non-hydrogen) atoms. The summed E-state index contributed by atoms with van der Waals surface area (Å²) in [6, 6.07) is 18.9. The van der Waals surface area contributed by atoms with E-state index in [1.807, 2.05) is 56.3 Å². The first-order chi connectivity index (χ1) is 15.9. The molecule has 7 heteroatoms. The second-order valence-corrected chi connectivity index (χ2v) is 8.52. The standard InChI is InChI=1S/C26H25N3O4/c1-16(2)14-22(29-25(32)20-12-5-6-13-21(20)26(29)33)24(31)28-27-23(30)15-18-10-7-9-17-8-3-4-11-19(17)18/h3-13,16,22H,14-15H2,1-2H3,(H,27,30)(H,28,31). The van der Waals surface area contributed by atoms with E-state index >= 15 is 0 Å². The van der Waals surface area contributed by atoms with Crippen molar-refractivity contribution in [1.82, 2.24) is 15.8 Å². The van der Waals surface area contributed by atoms with Gasteiger partial charge in [0.1, 0.15) is 6.04 Å². The van der Waals surface area contributed by atoms with Crippen LogP contribution >= 0.6 is 0 Å². The molecule has 0 aromatic heterocycles. The van der Waals surface area contributed by atoms with Crippen LogP contribution in [0.5, 0.6) is 0 Å². The summed E-state index contributed by atoms with van der Waals surface area (Å²) < 4.78 is 0. The molecule has 4 amide bonds. The molecular weight excluding hydrogens is 418 g/mol. The molecule has 0 saturated heterocycles. The number of nitrogens with one attached hydrogen (secondary N) is 2. The van der Waals surface area contributed by atoms with E-state index in [2.05, 4.69) is 10.9 Å². The molecule has 168 valence electrons. The lowest BCUT2D eigenvalue weighted by molar-refractivity contribution is -0.131. The number of rotatable bonds is 6. The number of carbonyl (C=O) groups is 4. The minimum absolute atomic E-state index is 0.0384. The Morgan fingerprint density at radius 1 is 0.818 bits per heavy atom. The molecular formula is C26H25N3O4. The zero-order valence-electron chi connectivity index (χ0n) is 18.5. The van der Waals surface area contributed by atoms with Gasteiger partial charge in [0.25, 0.3) is 17.7 Å². The molecule has 0 saturated carbocycles. The van der Waals surface area contributed by atoms with Crippen molar-refractivity contribution in [3.05, 3.63) is 83.4 Å². The maximum Gasteiger partial charge on any atom is 0.262 e. The Hall–Kier alpha value is -4.00. The first kappa shape index (κ1) is 22.2. The van der Waals surface area contributed by atoms with E-state index < -0.39 is 29.7 Å². The second kappa shape index (κ2) is 9.24. The Bertz CT molecular complexity index is 1210. The molecule has 2 N–H and O–H groups in total. The van der Waals surface area contributed by atoms with Crippen molar-refractivity contribution in [2.45, 2.75) is 32.7 Å². The van der Waals surface area contributed by atoms with Crippen molar-refractivity contribution >= 4 is 34.4 Å². The first-order valence-electron chi connectivity index (χ1n) is 10.9. The normalized spacial score (nSPS) is 13.8. The lowest BCUT2D eigenvalue weighted by Gasteiger charge is -2.26. The summed E-state index contributed by atoms with van der Waals surface area (Å²) in [4.78, 5) is 52.3. The number of carbonyl (C=O) groups excluding carboxylic acids is 4. The largest absolute Gasteiger partial charge is 0.273 e. The van der Waals surface area contributed by atoms with Gasteiger partial charge in [-0.2, -0.15) is 0 Å². The summed E-state index contributed by atoms with van der Waals surface area (Å²) in [5.41, 5.74) is 6.25. The number of benzene rings is 3. The SMILES string of the molecule is CC(C)CC(C(=O)NNC(=O)Cc1cccc2ccccc12)N1C(=O)c2ccccc2C1=O. The van der Waals surface area contributed by atoms with Gasteiger partial charge < -0.3 is 0 Å². The predicted octanol–water partition coefficient (Wildman–Crippen LogP) is 3.24. The van der Waals surface area contributed by atoms with Crippen LogP contribution in [-0.2, 0) is 16.0 Å². The highest BCUT2D eigenvalue weighted by molar-refractivity contribution is 6.22. The van der Waals surface area contributed by atoms with Gasteiger partial charge in [-0.3, -0.25) is 34.9 Å². The smallest absolute Gasteiger partial charge is 0.262 e. The van der Waals surface area contributed by atoms with Gasteiger partial charge in [0, 0.05) is 0 Å². The fourth-order valence-electron chi connectivity index (χ4n) is 4.15. The second-order valence-electron chi connectivity index (χ2n) is 8.52. The number of fused-ring (bicyclic) bond motifs is 2. The van der Waals surface area contributed by atoms with Gasteiger partial charge in [-0.1, -0.05) is 68.4 Å². The zero-order chi connectivity index (χ0) is 23.5. The van der Waals surface area contributed by atoms with Gasteiger partial charge in [-0.05, 0) is 40.8 Å². The van der Waals surface area contributed by atoms with Crippen LogP contribution in [-0.4, -0.2) is 34.6 Å². The average Bonchev–Trinajstić information content (AvgIpc) is 3.06. The molecule has 0 radical (unpaired) electrons. The molecule has 1 atom stereocenters. The molecule has 1 aliphatic heterocycles. The van der Waals surface area contributed by atoms with Crippen molar-refractivity contribution in [2.75, 3.05) is 0 Å². The Morgan fingerprint density at radius 3 is 2.09 bits per heavy atom. The third-order valence-electron chi connectivity index (χ3n) is 5.69. The van der Waals surface area contributed by atoms with E-state index in [1.165, 1.54) is 0 Å². The molecule has 3 aromatic rings. The predicted molar refractivity (Wildman–Crippen MR) is 124 cm³/mol. The minimum Gasteiger partial charge on any atom is -0.273 e. The van der Waals surface area contributed by atoms with E-state index in [9.17, 15) is 19.2 Å². The average molecular weight is 444 g/mol. The first-order valence-corrected chi connectivity index (χ1v) is 10.9. The lowest BCUT2D eigenvalue weighted by Crippen LogP contribution is -2.54. The number of nitrogens with zero attached hydrogens (tertiary/aromatic N) is 1. The Kier molecular flexibility index (Phi) is 6.22. The van der Waals surface area contributed by atoms with Crippen molar-refractivity contribution in [1.29, 1.82) is 0 Å². The maximum atomic E-state index is 13.0. The van der Waals surface area contributed by atoms with Gasteiger partial charge in [0.05, 0.1) is 17.5 Å². The fraction of sp³-hybridized carbons (Fsp3) is 0.231. The fourth-order valence-corrected chi connectivity index (χ4v) is 4.15. The number of hydrazine groups is 1. The van der Waals surface area contributed by atoms with Crippen LogP contribution in [0.3, 0.4) is 0 Å². The van der Waals surface area contributed by atoms with Gasteiger partial charge in [0.2, 0.25) is 5.91 Å². The highest BCUT2D eigenvalue weighted by atomic mass is 16.2. The minimum atomic E-state index is -1.03. The lowest BCUT2D eigenvalue weighted by atomic mass is 10.0. The summed E-state index contributed by atoms with van der Waals surface area (Å²) in [6.07, 6.45) is 0.347. The Labute approximate surface area is 191 Å². The molecule has 1 heterocycles. The van der Waals surface area contributed by atoms with Crippen molar-refractivity contribution < 1.29 is 19.2 Å². The van der Waals surface area contributed by atoms with Crippen molar-refractivity contribution in [2.24, 2.45) is 5.92 Å². The molecule has 1 aliphatic rings. The number of amides is 4. The highest BCUT2D eigenvalue weighted by Crippen LogP contribution is 2.27. The van der Waals surface area contributed by atoms with E-state index in [0.29, 0.717) is 0 Å². The maximum absolute atomic E-state index is 13.0. The van der Waals surface area contributed by atoms with Crippen molar-refractivity contribution in [3.8, 4) is 0 Å². The van der Waals surface area contributed by atoms with E-state index in [4.69, 9.17) is 0 Å². The van der Waals surface area contributed by atoms with E-state index in [-0.39, 0.29) is 29.9 Å². The van der Waals surface area contributed by atoms with Crippen LogP contribution in [0.2, 0.25) is 0 Å². The summed E-state index contributed by atoms with van der Waals surface area (Å²) in [5.74, 6) is -1.97. The number of hydrogen-bond acceptors (Lipinski definition) is 4. The molecule has 7 nitrogen and oxygen atoms in total. The quantitative estimate of drug-likeness (QED) is 0.452. The molecule has 0 fully saturated rings. The summed E-state index contributed by atoms with van der Waals surface area (Å²) in [6.45, 7) is 3.80. The van der Waals surface area contributed by atoms with Gasteiger partial charge in [-0.25, -0.2) is 0 Å². The molecule has 4 rings (SSSR count). The van der Waals surface area contributed by atoms with Crippen LogP contribution in [0.15, 0.2) is 66.7 Å². The Balaban J connectivity index is 1.46. The molecule has 1 unspecified atom stereocenters. The van der Waals surface area contributed by atoms with Crippen LogP contribution in [0, 0.1) is 5.92 Å². The zero-order valence-corrected chi connectivity index (χ0v) is 18.5. The van der Waals surface area contributed by atoms with Crippen molar-refractivity contribution in [3.63, 3.8) is 0 Å². The van der Waals surface area contributed by atoms with Crippen LogP contribution in [0.1, 0.15) is 46.5 Å². The summed E-state index contributed by atoms with van der Waals surface area (Å²) in [7, 11) is 0. The van der Waals surface area contributed by atoms with Gasteiger partial charge in [0.15, 0.2) is 0 Å².